The predicted molar refractivity (Wildman–Crippen MR) is 122 cm³/mol. The Morgan fingerprint density at radius 3 is 2.64 bits per heavy atom. The molecule has 1 fully saturated rings. The van der Waals surface area contributed by atoms with Gasteiger partial charge in [-0.1, -0.05) is 0 Å². The molecule has 0 aliphatic carbocycles. The van der Waals surface area contributed by atoms with Crippen molar-refractivity contribution < 1.29 is 17.5 Å². The summed E-state index contributed by atoms with van der Waals surface area (Å²) in [6.45, 7) is 2.00. The lowest BCUT2D eigenvalue weighted by molar-refractivity contribution is 0.163. The van der Waals surface area contributed by atoms with E-state index in [1.807, 2.05) is 21.9 Å². The average Bonchev–Trinajstić information content (AvgIpc) is 3.23. The van der Waals surface area contributed by atoms with Gasteiger partial charge in [0.25, 0.3) is 0 Å². The first-order valence-electron chi connectivity index (χ1n) is 10.8. The summed E-state index contributed by atoms with van der Waals surface area (Å²) in [7, 11) is -3.25. The van der Waals surface area contributed by atoms with Gasteiger partial charge < -0.3 is 14.5 Å². The van der Waals surface area contributed by atoms with Crippen molar-refractivity contribution in [1.29, 1.82) is 0 Å². The van der Waals surface area contributed by atoms with Crippen LogP contribution in [0, 0.1) is 5.82 Å². The van der Waals surface area contributed by atoms with Crippen LogP contribution in [0.4, 0.5) is 21.7 Å². The van der Waals surface area contributed by atoms with Crippen LogP contribution in [0.15, 0.2) is 53.8 Å². The fraction of sp³-hybridized carbons (Fsp3) is 0.348. The van der Waals surface area contributed by atoms with E-state index in [9.17, 15) is 12.8 Å². The minimum absolute atomic E-state index is 0.0287. The van der Waals surface area contributed by atoms with E-state index in [2.05, 4.69) is 15.0 Å². The van der Waals surface area contributed by atoms with E-state index in [0.29, 0.717) is 42.0 Å². The maximum atomic E-state index is 14.0. The molecule has 1 saturated heterocycles. The largest absolute Gasteiger partial charge is 0.474 e. The van der Waals surface area contributed by atoms with Crippen molar-refractivity contribution in [2.45, 2.75) is 30.3 Å². The van der Waals surface area contributed by atoms with Gasteiger partial charge in [-0.3, -0.25) is 0 Å². The zero-order chi connectivity index (χ0) is 23.0. The van der Waals surface area contributed by atoms with E-state index in [1.165, 1.54) is 18.6 Å². The second kappa shape index (κ2) is 8.58. The molecule has 2 aliphatic rings. The summed E-state index contributed by atoms with van der Waals surface area (Å²) in [4.78, 5) is 17.1. The first kappa shape index (κ1) is 21.6. The van der Waals surface area contributed by atoms with Gasteiger partial charge in [0.05, 0.1) is 4.90 Å². The highest BCUT2D eigenvalue weighted by atomic mass is 32.2. The van der Waals surface area contributed by atoms with Crippen molar-refractivity contribution in [3.63, 3.8) is 0 Å². The van der Waals surface area contributed by atoms with Gasteiger partial charge in [-0.25, -0.2) is 27.8 Å². The summed E-state index contributed by atoms with van der Waals surface area (Å²) in [5, 5.41) is 0. The van der Waals surface area contributed by atoms with E-state index in [1.54, 1.807) is 24.4 Å². The van der Waals surface area contributed by atoms with Gasteiger partial charge >= 0.3 is 0 Å². The molecule has 10 heteroatoms. The molecule has 5 rings (SSSR count). The van der Waals surface area contributed by atoms with Gasteiger partial charge in [0.1, 0.15) is 18.2 Å². The zero-order valence-electron chi connectivity index (χ0n) is 18.2. The molecule has 2 aliphatic heterocycles. The highest BCUT2D eigenvalue weighted by Gasteiger charge is 2.26. The van der Waals surface area contributed by atoms with E-state index in [0.717, 1.165) is 30.5 Å². The van der Waals surface area contributed by atoms with Crippen LogP contribution in [-0.4, -0.2) is 55.4 Å². The van der Waals surface area contributed by atoms with Crippen molar-refractivity contribution >= 4 is 27.2 Å². The number of ether oxygens (including phenoxy) is 1. The molecule has 0 N–H and O–H groups in total. The third-order valence-corrected chi connectivity index (χ3v) is 7.16. The van der Waals surface area contributed by atoms with Gasteiger partial charge in [0, 0.05) is 56.7 Å². The number of sulfone groups is 1. The van der Waals surface area contributed by atoms with E-state index < -0.39 is 9.84 Å². The van der Waals surface area contributed by atoms with Gasteiger partial charge in [0.2, 0.25) is 5.88 Å². The SMILES string of the molecule is CS(=O)(=O)c1ccc2c(c1)CCN2c1cc(OC2CCN(c3ncccc3F)CC2)ncn1. The molecule has 2 aromatic heterocycles. The third-order valence-electron chi connectivity index (χ3n) is 6.05. The lowest BCUT2D eigenvalue weighted by atomic mass is 10.1. The van der Waals surface area contributed by atoms with Crippen LogP contribution in [0.25, 0.3) is 0 Å². The Labute approximate surface area is 192 Å². The maximum Gasteiger partial charge on any atom is 0.218 e. The fourth-order valence-corrected chi connectivity index (χ4v) is 5.03. The van der Waals surface area contributed by atoms with Crippen molar-refractivity contribution in [3.8, 4) is 5.88 Å². The molecule has 0 atom stereocenters. The zero-order valence-corrected chi connectivity index (χ0v) is 19.0. The highest BCUT2D eigenvalue weighted by Crippen LogP contribution is 2.35. The molecule has 0 unspecified atom stereocenters. The quantitative estimate of drug-likeness (QED) is 0.563. The van der Waals surface area contributed by atoms with Gasteiger partial charge in [-0.05, 0) is 42.3 Å². The third kappa shape index (κ3) is 4.47. The summed E-state index contributed by atoms with van der Waals surface area (Å²) in [5.74, 6) is 1.27. The number of hydrogen-bond donors (Lipinski definition) is 0. The highest BCUT2D eigenvalue weighted by molar-refractivity contribution is 7.90. The Bertz CT molecular complexity index is 1280. The maximum absolute atomic E-state index is 14.0. The van der Waals surface area contributed by atoms with E-state index in [-0.39, 0.29) is 11.9 Å². The Kier molecular flexibility index (Phi) is 5.61. The predicted octanol–water partition coefficient (Wildman–Crippen LogP) is 3.16. The Hall–Kier alpha value is -3.27. The lowest BCUT2D eigenvalue weighted by Gasteiger charge is -2.32. The topological polar surface area (TPSA) is 88.5 Å². The first-order valence-corrected chi connectivity index (χ1v) is 12.7. The second-order valence-electron chi connectivity index (χ2n) is 8.29. The summed E-state index contributed by atoms with van der Waals surface area (Å²) < 4.78 is 43.9. The van der Waals surface area contributed by atoms with E-state index in [4.69, 9.17) is 4.74 Å². The molecule has 4 heterocycles. The van der Waals surface area contributed by atoms with Crippen LogP contribution in [0.3, 0.4) is 0 Å². The number of halogens is 1. The summed E-state index contributed by atoms with van der Waals surface area (Å²) in [5.41, 5.74) is 1.92. The second-order valence-corrected chi connectivity index (χ2v) is 10.3. The minimum atomic E-state index is -3.25. The number of fused-ring (bicyclic) bond motifs is 1. The Morgan fingerprint density at radius 2 is 1.88 bits per heavy atom. The Balaban J connectivity index is 1.26. The Morgan fingerprint density at radius 1 is 1.06 bits per heavy atom. The fourth-order valence-electron chi connectivity index (χ4n) is 4.35. The number of anilines is 3. The summed E-state index contributed by atoms with van der Waals surface area (Å²) >= 11 is 0. The van der Waals surface area contributed by atoms with Crippen LogP contribution in [0.5, 0.6) is 5.88 Å². The number of rotatable bonds is 5. The van der Waals surface area contributed by atoms with Crippen LogP contribution in [0.2, 0.25) is 0 Å². The van der Waals surface area contributed by atoms with Crippen molar-refractivity contribution in [1.82, 2.24) is 15.0 Å². The normalized spacial score (nSPS) is 16.7. The average molecular weight is 470 g/mol. The molecule has 0 radical (unpaired) electrons. The monoisotopic (exact) mass is 469 g/mol. The van der Waals surface area contributed by atoms with Crippen molar-refractivity contribution in [2.24, 2.45) is 0 Å². The summed E-state index contributed by atoms with van der Waals surface area (Å²) in [6.07, 6.45) is 6.47. The number of piperidine rings is 1. The number of pyridine rings is 1. The van der Waals surface area contributed by atoms with Crippen LogP contribution in [-0.2, 0) is 16.3 Å². The van der Waals surface area contributed by atoms with Crippen LogP contribution in [0.1, 0.15) is 18.4 Å². The molecule has 33 heavy (non-hydrogen) atoms. The first-order chi connectivity index (χ1) is 15.9. The van der Waals surface area contributed by atoms with Crippen LogP contribution < -0.4 is 14.5 Å². The van der Waals surface area contributed by atoms with E-state index >= 15 is 0 Å². The molecular weight excluding hydrogens is 445 g/mol. The molecule has 172 valence electrons. The molecule has 3 aromatic rings. The molecule has 0 bridgehead atoms. The molecule has 1 aromatic carbocycles. The minimum Gasteiger partial charge on any atom is -0.474 e. The van der Waals surface area contributed by atoms with Crippen LogP contribution >= 0.6 is 0 Å². The number of aromatic nitrogens is 3. The molecule has 8 nitrogen and oxygen atoms in total. The number of nitrogens with zero attached hydrogens (tertiary/aromatic N) is 5. The smallest absolute Gasteiger partial charge is 0.218 e. The molecule has 0 saturated carbocycles. The van der Waals surface area contributed by atoms with Crippen molar-refractivity contribution in [2.75, 3.05) is 35.7 Å². The molecule has 0 spiro atoms. The summed E-state index contributed by atoms with van der Waals surface area (Å²) in [6, 6.07) is 10.0. The number of benzene rings is 1. The molecular formula is C23H24FN5O3S. The van der Waals surface area contributed by atoms with Gasteiger partial charge in [-0.2, -0.15) is 0 Å². The van der Waals surface area contributed by atoms with Crippen molar-refractivity contribution in [3.05, 3.63) is 60.3 Å². The number of hydrogen-bond acceptors (Lipinski definition) is 8. The standard InChI is InChI=1S/C23H24FN5O3S/c1-33(30,31)18-4-5-20-16(13-18)6-12-29(20)21-14-22(27-15-26-21)32-17-7-10-28(11-8-17)23-19(24)3-2-9-25-23/h2-5,9,13-15,17H,6-8,10-12H2,1H3. The van der Waals surface area contributed by atoms with Gasteiger partial charge in [-0.15, -0.1) is 0 Å². The molecule has 0 amide bonds. The lowest BCUT2D eigenvalue weighted by Crippen LogP contribution is -2.39. The van der Waals surface area contributed by atoms with Gasteiger partial charge in [0.15, 0.2) is 21.5 Å².